The smallest absolute Gasteiger partial charge is 0.259 e. The number of rotatable bonds is 2. The van der Waals surface area contributed by atoms with Crippen LogP contribution < -0.4 is 5.32 Å². The number of pyridine rings is 1. The molecular weight excluding hydrogens is 379 g/mol. The number of halogens is 3. The minimum Gasteiger partial charge on any atom is -0.306 e. The largest absolute Gasteiger partial charge is 0.306 e. The molecule has 0 aliphatic rings. The maximum Gasteiger partial charge on any atom is 0.259 e. The first-order valence-electron chi connectivity index (χ1n) is 5.36. The number of hydrogen-bond acceptors (Lipinski definition) is 2. The van der Waals surface area contributed by atoms with Crippen LogP contribution in [-0.4, -0.2) is 10.9 Å². The first-order chi connectivity index (χ1) is 8.97. The van der Waals surface area contributed by atoms with E-state index >= 15 is 0 Å². The van der Waals surface area contributed by atoms with Gasteiger partial charge in [-0.2, -0.15) is 0 Å². The minimum absolute atomic E-state index is 0.0210. The normalized spacial score (nSPS) is 10.3. The van der Waals surface area contributed by atoms with E-state index in [9.17, 15) is 9.18 Å². The topological polar surface area (TPSA) is 42.0 Å². The molecule has 1 amide bonds. The second-order valence-electron chi connectivity index (χ2n) is 3.90. The Hall–Kier alpha value is -1.27. The molecule has 2 aromatic rings. The van der Waals surface area contributed by atoms with Gasteiger partial charge in [0, 0.05) is 15.1 Å². The Morgan fingerprint density at radius 1 is 1.26 bits per heavy atom. The van der Waals surface area contributed by atoms with Gasteiger partial charge in [0.25, 0.3) is 5.91 Å². The molecule has 1 heterocycles. The summed E-state index contributed by atoms with van der Waals surface area (Å²) in [5.41, 5.74) is 0.771. The first-order valence-corrected chi connectivity index (χ1v) is 6.94. The molecule has 3 nitrogen and oxygen atoms in total. The lowest BCUT2D eigenvalue weighted by molar-refractivity contribution is 0.102. The lowest BCUT2D eigenvalue weighted by atomic mass is 10.2. The summed E-state index contributed by atoms with van der Waals surface area (Å²) in [7, 11) is 0. The number of aromatic nitrogens is 1. The van der Waals surface area contributed by atoms with Crippen molar-refractivity contribution >= 4 is 43.6 Å². The number of aryl methyl sites for hydroxylation is 1. The molecule has 1 N–H and O–H groups in total. The van der Waals surface area contributed by atoms with Crippen LogP contribution in [0, 0.1) is 12.7 Å². The van der Waals surface area contributed by atoms with E-state index in [4.69, 9.17) is 0 Å². The number of amides is 1. The summed E-state index contributed by atoms with van der Waals surface area (Å²) in [6, 6.07) is 6.10. The van der Waals surface area contributed by atoms with Crippen LogP contribution in [0.1, 0.15) is 15.9 Å². The van der Waals surface area contributed by atoms with Crippen molar-refractivity contribution in [1.82, 2.24) is 4.98 Å². The van der Waals surface area contributed by atoms with Crippen LogP contribution in [0.25, 0.3) is 0 Å². The highest BCUT2D eigenvalue weighted by Gasteiger charge is 2.13. The van der Waals surface area contributed by atoms with Gasteiger partial charge in [0.1, 0.15) is 11.6 Å². The molecule has 0 aliphatic carbocycles. The van der Waals surface area contributed by atoms with Crippen LogP contribution in [0.4, 0.5) is 10.2 Å². The fourth-order valence-electron chi connectivity index (χ4n) is 1.52. The van der Waals surface area contributed by atoms with E-state index in [0.717, 1.165) is 10.0 Å². The molecular formula is C13H9Br2FN2O. The molecule has 1 aromatic heterocycles. The van der Waals surface area contributed by atoms with Gasteiger partial charge in [0.15, 0.2) is 0 Å². The van der Waals surface area contributed by atoms with Gasteiger partial charge in [-0.05, 0) is 52.7 Å². The highest BCUT2D eigenvalue weighted by molar-refractivity contribution is 9.10. The summed E-state index contributed by atoms with van der Waals surface area (Å²) in [5.74, 6) is -0.694. The van der Waals surface area contributed by atoms with Gasteiger partial charge in [-0.15, -0.1) is 0 Å². The molecule has 0 bridgehead atoms. The third kappa shape index (κ3) is 3.39. The number of carbonyl (C=O) groups is 1. The van der Waals surface area contributed by atoms with E-state index in [1.54, 1.807) is 12.3 Å². The molecule has 0 aliphatic heterocycles. The monoisotopic (exact) mass is 386 g/mol. The zero-order chi connectivity index (χ0) is 14.0. The number of anilines is 1. The fourth-order valence-corrected chi connectivity index (χ4v) is 2.30. The van der Waals surface area contributed by atoms with Crippen LogP contribution in [-0.2, 0) is 0 Å². The third-order valence-corrected chi connectivity index (χ3v) is 3.38. The SMILES string of the molecule is Cc1cc(Br)cnc1NC(=O)c1ccc(Br)cc1F. The second kappa shape index (κ2) is 5.79. The lowest BCUT2D eigenvalue weighted by Gasteiger charge is -2.08. The van der Waals surface area contributed by atoms with Crippen molar-refractivity contribution in [2.24, 2.45) is 0 Å². The van der Waals surface area contributed by atoms with Gasteiger partial charge in [0.2, 0.25) is 0 Å². The molecule has 19 heavy (non-hydrogen) atoms. The van der Waals surface area contributed by atoms with Gasteiger partial charge in [-0.3, -0.25) is 4.79 Å². The number of nitrogens with zero attached hydrogens (tertiary/aromatic N) is 1. The van der Waals surface area contributed by atoms with Crippen molar-refractivity contribution in [1.29, 1.82) is 0 Å². The van der Waals surface area contributed by atoms with Crippen LogP contribution in [0.3, 0.4) is 0 Å². The van der Waals surface area contributed by atoms with Crippen LogP contribution >= 0.6 is 31.9 Å². The molecule has 0 spiro atoms. The lowest BCUT2D eigenvalue weighted by Crippen LogP contribution is -2.15. The maximum atomic E-state index is 13.6. The van der Waals surface area contributed by atoms with Gasteiger partial charge < -0.3 is 5.32 Å². The molecule has 2 rings (SSSR count). The van der Waals surface area contributed by atoms with Crippen molar-refractivity contribution in [3.8, 4) is 0 Å². The molecule has 0 saturated heterocycles. The van der Waals surface area contributed by atoms with E-state index < -0.39 is 11.7 Å². The van der Waals surface area contributed by atoms with Crippen molar-refractivity contribution in [3.63, 3.8) is 0 Å². The maximum absolute atomic E-state index is 13.6. The summed E-state index contributed by atoms with van der Waals surface area (Å²) in [4.78, 5) is 16.0. The fraction of sp³-hybridized carbons (Fsp3) is 0.0769. The zero-order valence-electron chi connectivity index (χ0n) is 9.88. The Labute approximate surface area is 126 Å². The Morgan fingerprint density at radius 3 is 2.63 bits per heavy atom. The summed E-state index contributed by atoms with van der Waals surface area (Å²) in [6.07, 6.45) is 1.57. The molecule has 6 heteroatoms. The molecule has 0 atom stereocenters. The average molecular weight is 388 g/mol. The Kier molecular flexibility index (Phi) is 4.31. The predicted octanol–water partition coefficient (Wildman–Crippen LogP) is 4.31. The minimum atomic E-state index is -0.582. The van der Waals surface area contributed by atoms with Crippen molar-refractivity contribution < 1.29 is 9.18 Å². The molecule has 0 radical (unpaired) electrons. The highest BCUT2D eigenvalue weighted by atomic mass is 79.9. The predicted molar refractivity (Wildman–Crippen MR) is 78.7 cm³/mol. The summed E-state index contributed by atoms with van der Waals surface area (Å²) in [5, 5.41) is 2.59. The molecule has 0 unspecified atom stereocenters. The Balaban J connectivity index is 2.25. The first kappa shape index (κ1) is 14.1. The van der Waals surface area contributed by atoms with Gasteiger partial charge >= 0.3 is 0 Å². The summed E-state index contributed by atoms with van der Waals surface area (Å²) in [6.45, 7) is 1.81. The van der Waals surface area contributed by atoms with E-state index in [0.29, 0.717) is 10.3 Å². The molecule has 0 saturated carbocycles. The van der Waals surface area contributed by atoms with Gasteiger partial charge in [-0.1, -0.05) is 15.9 Å². The van der Waals surface area contributed by atoms with E-state index in [2.05, 4.69) is 42.2 Å². The van der Waals surface area contributed by atoms with Crippen molar-refractivity contribution in [2.75, 3.05) is 5.32 Å². The van der Waals surface area contributed by atoms with Crippen molar-refractivity contribution in [3.05, 3.63) is 56.4 Å². The number of nitrogens with one attached hydrogen (secondary N) is 1. The number of benzene rings is 1. The summed E-state index contributed by atoms with van der Waals surface area (Å²) >= 11 is 6.43. The Bertz CT molecular complexity index is 647. The summed E-state index contributed by atoms with van der Waals surface area (Å²) < 4.78 is 15.0. The van der Waals surface area contributed by atoms with Crippen molar-refractivity contribution in [2.45, 2.75) is 6.92 Å². The van der Waals surface area contributed by atoms with E-state index in [1.807, 2.05) is 13.0 Å². The quantitative estimate of drug-likeness (QED) is 0.834. The zero-order valence-corrected chi connectivity index (χ0v) is 13.0. The third-order valence-electron chi connectivity index (χ3n) is 2.45. The average Bonchev–Trinajstić information content (AvgIpc) is 2.32. The van der Waals surface area contributed by atoms with Crippen LogP contribution in [0.15, 0.2) is 39.4 Å². The highest BCUT2D eigenvalue weighted by Crippen LogP contribution is 2.19. The van der Waals surface area contributed by atoms with Crippen LogP contribution in [0.5, 0.6) is 0 Å². The van der Waals surface area contributed by atoms with Gasteiger partial charge in [0.05, 0.1) is 5.56 Å². The molecule has 98 valence electrons. The van der Waals surface area contributed by atoms with Gasteiger partial charge in [-0.25, -0.2) is 9.37 Å². The van der Waals surface area contributed by atoms with E-state index in [-0.39, 0.29) is 5.56 Å². The number of hydrogen-bond donors (Lipinski definition) is 1. The van der Waals surface area contributed by atoms with E-state index in [1.165, 1.54) is 12.1 Å². The molecule has 0 fully saturated rings. The molecule has 1 aromatic carbocycles. The second-order valence-corrected chi connectivity index (χ2v) is 5.73. The number of carbonyl (C=O) groups excluding carboxylic acids is 1. The Morgan fingerprint density at radius 2 is 2.00 bits per heavy atom. The van der Waals surface area contributed by atoms with Crippen LogP contribution in [0.2, 0.25) is 0 Å². The standard InChI is InChI=1S/C13H9Br2FN2O/c1-7-4-9(15)6-17-12(7)18-13(19)10-3-2-8(14)5-11(10)16/h2-6H,1H3,(H,17,18,19).